The highest BCUT2D eigenvalue weighted by Crippen LogP contribution is 2.29. The smallest absolute Gasteiger partial charge is 0.0850 e. The van der Waals surface area contributed by atoms with Crippen LogP contribution in [0.15, 0.2) is 0 Å². The van der Waals surface area contributed by atoms with Crippen LogP contribution in [0.4, 0.5) is 0 Å². The van der Waals surface area contributed by atoms with Gasteiger partial charge in [-0.3, -0.25) is 0 Å². The fourth-order valence-electron chi connectivity index (χ4n) is 2.78. The Kier molecular flexibility index (Phi) is 7.09. The SMILES string of the molecule is CCN(CC1CCC(COOC)CC1)C(C)C. The molecule has 17 heavy (non-hydrogen) atoms. The van der Waals surface area contributed by atoms with Gasteiger partial charge in [0.25, 0.3) is 0 Å². The van der Waals surface area contributed by atoms with E-state index >= 15 is 0 Å². The predicted octanol–water partition coefficient (Wildman–Crippen LogP) is 3.10. The molecule has 0 N–H and O–H groups in total. The molecule has 0 aromatic carbocycles. The Labute approximate surface area is 106 Å². The molecule has 1 fully saturated rings. The van der Waals surface area contributed by atoms with Crippen LogP contribution < -0.4 is 0 Å². The Morgan fingerprint density at radius 3 is 2.18 bits per heavy atom. The Hall–Kier alpha value is -0.120. The van der Waals surface area contributed by atoms with Gasteiger partial charge in [0.15, 0.2) is 0 Å². The zero-order valence-corrected chi connectivity index (χ0v) is 11.9. The minimum absolute atomic E-state index is 0.676. The van der Waals surface area contributed by atoms with E-state index in [4.69, 9.17) is 4.89 Å². The molecule has 0 saturated heterocycles. The maximum atomic E-state index is 5.04. The molecule has 0 atom stereocenters. The number of nitrogens with zero attached hydrogens (tertiary/aromatic N) is 1. The normalized spacial score (nSPS) is 25.8. The molecule has 1 rings (SSSR count). The lowest BCUT2D eigenvalue weighted by atomic mass is 9.82. The molecule has 0 aromatic rings. The molecule has 1 aliphatic rings. The Bertz CT molecular complexity index is 189. The van der Waals surface area contributed by atoms with E-state index in [9.17, 15) is 0 Å². The van der Waals surface area contributed by atoms with Gasteiger partial charge in [0.05, 0.1) is 13.7 Å². The van der Waals surface area contributed by atoms with Crippen LogP contribution >= 0.6 is 0 Å². The summed E-state index contributed by atoms with van der Waals surface area (Å²) < 4.78 is 0. The van der Waals surface area contributed by atoms with Crippen molar-refractivity contribution in [3.63, 3.8) is 0 Å². The van der Waals surface area contributed by atoms with E-state index in [1.165, 1.54) is 38.8 Å². The fourth-order valence-corrected chi connectivity index (χ4v) is 2.78. The summed E-state index contributed by atoms with van der Waals surface area (Å²) in [5, 5.41) is 0. The first-order chi connectivity index (χ1) is 8.17. The molecule has 3 heteroatoms. The third-order valence-corrected chi connectivity index (χ3v) is 4.02. The second-order valence-corrected chi connectivity index (χ2v) is 5.52. The van der Waals surface area contributed by atoms with Gasteiger partial charge in [0, 0.05) is 12.6 Å². The topological polar surface area (TPSA) is 21.7 Å². The first-order valence-corrected chi connectivity index (χ1v) is 7.07. The second kappa shape index (κ2) is 8.06. The van der Waals surface area contributed by atoms with Crippen LogP contribution in [0, 0.1) is 11.8 Å². The standard InChI is InChI=1S/C14H29NO2/c1-5-15(12(2)3)10-13-6-8-14(9-7-13)11-17-16-4/h12-14H,5-11H2,1-4H3. The monoisotopic (exact) mass is 243 g/mol. The third-order valence-electron chi connectivity index (χ3n) is 4.02. The lowest BCUT2D eigenvalue weighted by molar-refractivity contribution is -0.281. The average molecular weight is 243 g/mol. The second-order valence-electron chi connectivity index (χ2n) is 5.52. The highest BCUT2D eigenvalue weighted by atomic mass is 17.2. The van der Waals surface area contributed by atoms with Crippen molar-refractivity contribution in [2.24, 2.45) is 11.8 Å². The van der Waals surface area contributed by atoms with Crippen LogP contribution in [0.25, 0.3) is 0 Å². The molecule has 0 heterocycles. The lowest BCUT2D eigenvalue weighted by Gasteiger charge is -2.33. The molecule has 0 aromatic heterocycles. The zero-order chi connectivity index (χ0) is 12.7. The average Bonchev–Trinajstić information content (AvgIpc) is 2.34. The van der Waals surface area contributed by atoms with Gasteiger partial charge in [-0.15, -0.1) is 0 Å². The van der Waals surface area contributed by atoms with E-state index in [0.29, 0.717) is 12.0 Å². The number of rotatable bonds is 7. The van der Waals surface area contributed by atoms with Gasteiger partial charge >= 0.3 is 0 Å². The summed E-state index contributed by atoms with van der Waals surface area (Å²) in [5.74, 6) is 1.59. The van der Waals surface area contributed by atoms with Crippen molar-refractivity contribution in [2.45, 2.75) is 52.5 Å². The minimum atomic E-state index is 0.676. The molecular weight excluding hydrogens is 214 g/mol. The van der Waals surface area contributed by atoms with Gasteiger partial charge in [0.2, 0.25) is 0 Å². The molecule has 0 amide bonds. The van der Waals surface area contributed by atoms with Crippen LogP contribution in [0.2, 0.25) is 0 Å². The molecule has 102 valence electrons. The van der Waals surface area contributed by atoms with Crippen molar-refractivity contribution >= 4 is 0 Å². The summed E-state index contributed by atoms with van der Waals surface area (Å²) in [6, 6.07) is 0.676. The van der Waals surface area contributed by atoms with Crippen molar-refractivity contribution in [3.8, 4) is 0 Å². The molecule has 0 bridgehead atoms. The first kappa shape index (κ1) is 14.9. The minimum Gasteiger partial charge on any atom is -0.301 e. The van der Waals surface area contributed by atoms with Crippen LogP contribution in [0.5, 0.6) is 0 Å². The summed E-state index contributed by atoms with van der Waals surface area (Å²) in [6.07, 6.45) is 5.29. The summed E-state index contributed by atoms with van der Waals surface area (Å²) in [5.41, 5.74) is 0. The molecule has 0 aliphatic heterocycles. The Morgan fingerprint density at radius 1 is 1.12 bits per heavy atom. The Balaban J connectivity index is 2.22. The molecule has 1 saturated carbocycles. The molecule has 1 aliphatic carbocycles. The quantitative estimate of drug-likeness (QED) is 0.506. The van der Waals surface area contributed by atoms with E-state index in [0.717, 1.165) is 12.5 Å². The molecule has 3 nitrogen and oxygen atoms in total. The Morgan fingerprint density at radius 2 is 1.71 bits per heavy atom. The molecule has 0 unspecified atom stereocenters. The molecule has 0 spiro atoms. The van der Waals surface area contributed by atoms with Gasteiger partial charge in [-0.05, 0) is 57.9 Å². The number of hydrogen-bond donors (Lipinski definition) is 0. The highest BCUT2D eigenvalue weighted by molar-refractivity contribution is 4.75. The third kappa shape index (κ3) is 5.36. The van der Waals surface area contributed by atoms with Gasteiger partial charge in [-0.2, -0.15) is 0 Å². The van der Waals surface area contributed by atoms with Gasteiger partial charge in [-0.25, -0.2) is 9.78 Å². The van der Waals surface area contributed by atoms with Crippen molar-refractivity contribution in [1.29, 1.82) is 0 Å². The van der Waals surface area contributed by atoms with Crippen molar-refractivity contribution in [2.75, 3.05) is 26.8 Å². The summed E-state index contributed by atoms with van der Waals surface area (Å²) in [4.78, 5) is 12.3. The van der Waals surface area contributed by atoms with E-state index < -0.39 is 0 Å². The van der Waals surface area contributed by atoms with Crippen LogP contribution in [0.3, 0.4) is 0 Å². The fraction of sp³-hybridized carbons (Fsp3) is 1.00. The van der Waals surface area contributed by atoms with E-state index in [1.54, 1.807) is 7.11 Å². The van der Waals surface area contributed by atoms with Crippen LogP contribution in [-0.4, -0.2) is 37.7 Å². The molecule has 0 radical (unpaired) electrons. The van der Waals surface area contributed by atoms with Crippen LogP contribution in [0.1, 0.15) is 46.5 Å². The lowest BCUT2D eigenvalue weighted by Crippen LogP contribution is -2.36. The maximum absolute atomic E-state index is 5.04. The predicted molar refractivity (Wildman–Crippen MR) is 70.8 cm³/mol. The zero-order valence-electron chi connectivity index (χ0n) is 11.9. The van der Waals surface area contributed by atoms with Crippen molar-refractivity contribution < 1.29 is 9.78 Å². The van der Waals surface area contributed by atoms with Crippen molar-refractivity contribution in [3.05, 3.63) is 0 Å². The van der Waals surface area contributed by atoms with Gasteiger partial charge in [0.1, 0.15) is 0 Å². The largest absolute Gasteiger partial charge is 0.301 e. The van der Waals surface area contributed by atoms with Gasteiger partial charge in [-0.1, -0.05) is 6.92 Å². The maximum Gasteiger partial charge on any atom is 0.0850 e. The summed E-state index contributed by atoms with van der Waals surface area (Å²) in [7, 11) is 1.59. The van der Waals surface area contributed by atoms with E-state index in [1.807, 2.05) is 0 Å². The van der Waals surface area contributed by atoms with E-state index in [2.05, 4.69) is 30.6 Å². The molecular formula is C14H29NO2. The first-order valence-electron chi connectivity index (χ1n) is 7.07. The van der Waals surface area contributed by atoms with Gasteiger partial charge < -0.3 is 4.90 Å². The van der Waals surface area contributed by atoms with Crippen molar-refractivity contribution in [1.82, 2.24) is 4.90 Å². The van der Waals surface area contributed by atoms with Crippen LogP contribution in [-0.2, 0) is 9.78 Å². The van der Waals surface area contributed by atoms with E-state index in [-0.39, 0.29) is 0 Å². The number of hydrogen-bond acceptors (Lipinski definition) is 3. The summed E-state index contributed by atoms with van der Waals surface area (Å²) in [6.45, 7) is 10.1. The highest BCUT2D eigenvalue weighted by Gasteiger charge is 2.23. The summed E-state index contributed by atoms with van der Waals surface area (Å²) >= 11 is 0.